The van der Waals surface area contributed by atoms with Gasteiger partial charge < -0.3 is 10.2 Å². The average molecular weight is 263 g/mol. The number of nitrogens with one attached hydrogen (secondary N) is 1. The van der Waals surface area contributed by atoms with Crippen molar-refractivity contribution in [3.05, 3.63) is 18.5 Å². The van der Waals surface area contributed by atoms with Gasteiger partial charge in [0.05, 0.1) is 23.8 Å². The largest absolute Gasteiger partial charge is 0.387 e. The van der Waals surface area contributed by atoms with Crippen molar-refractivity contribution in [1.29, 1.82) is 0 Å². The molecule has 19 heavy (non-hydrogen) atoms. The molecule has 0 aliphatic heterocycles. The zero-order valence-electron chi connectivity index (χ0n) is 13.1. The summed E-state index contributed by atoms with van der Waals surface area (Å²) in [5, 5.41) is 3.16. The molecule has 0 spiro atoms. The van der Waals surface area contributed by atoms with Crippen LogP contribution < -0.4 is 10.2 Å². The fourth-order valence-corrected chi connectivity index (χ4v) is 1.94. The molecular weight excluding hydrogens is 234 g/mol. The highest BCUT2D eigenvalue weighted by Gasteiger charge is 2.09. The maximum absolute atomic E-state index is 4.33. The quantitative estimate of drug-likeness (QED) is 0.767. The number of aromatic nitrogens is 1. The van der Waals surface area contributed by atoms with Crippen LogP contribution in [0.5, 0.6) is 0 Å². The van der Waals surface area contributed by atoms with Crippen molar-refractivity contribution in [2.75, 3.05) is 30.4 Å². The Kier molecular flexibility index (Phi) is 6.68. The predicted molar refractivity (Wildman–Crippen MR) is 84.9 cm³/mol. The third-order valence-corrected chi connectivity index (χ3v) is 3.33. The van der Waals surface area contributed by atoms with Gasteiger partial charge in [0.1, 0.15) is 0 Å². The fraction of sp³-hybridized carbons (Fsp3) is 0.688. The van der Waals surface area contributed by atoms with Crippen LogP contribution in [-0.2, 0) is 0 Å². The van der Waals surface area contributed by atoms with E-state index in [0.717, 1.165) is 30.6 Å². The zero-order chi connectivity index (χ0) is 14.3. The molecule has 108 valence electrons. The predicted octanol–water partition coefficient (Wildman–Crippen LogP) is 4.02. The Morgan fingerprint density at radius 3 is 2.11 bits per heavy atom. The summed E-state index contributed by atoms with van der Waals surface area (Å²) in [4.78, 5) is 6.79. The van der Waals surface area contributed by atoms with E-state index in [9.17, 15) is 0 Å². The van der Waals surface area contributed by atoms with Crippen LogP contribution in [0.15, 0.2) is 18.5 Å². The van der Waals surface area contributed by atoms with Gasteiger partial charge in [0.2, 0.25) is 0 Å². The number of hydrogen-bond donors (Lipinski definition) is 1. The standard InChI is InChI=1S/C16H29N3/c1-13(2)6-8-19(9-7-14(3)4)16-10-15(17-5)11-18-12-16/h10-14,17H,6-9H2,1-5H3. The minimum absolute atomic E-state index is 0.738. The Hall–Kier alpha value is -1.25. The molecule has 1 heterocycles. The Balaban J connectivity index is 2.74. The van der Waals surface area contributed by atoms with Gasteiger partial charge in [0.15, 0.2) is 0 Å². The van der Waals surface area contributed by atoms with Crippen molar-refractivity contribution in [2.45, 2.75) is 40.5 Å². The molecule has 0 saturated carbocycles. The summed E-state index contributed by atoms with van der Waals surface area (Å²) < 4.78 is 0. The van der Waals surface area contributed by atoms with Crippen molar-refractivity contribution in [2.24, 2.45) is 11.8 Å². The van der Waals surface area contributed by atoms with Crippen LogP contribution in [0.2, 0.25) is 0 Å². The number of pyridine rings is 1. The lowest BCUT2D eigenvalue weighted by Crippen LogP contribution is -2.27. The second kappa shape index (κ2) is 8.03. The average Bonchev–Trinajstić information content (AvgIpc) is 2.38. The van der Waals surface area contributed by atoms with Crippen LogP contribution in [0.4, 0.5) is 11.4 Å². The Bertz CT molecular complexity index is 349. The van der Waals surface area contributed by atoms with Gasteiger partial charge >= 0.3 is 0 Å². The molecule has 0 amide bonds. The highest BCUT2D eigenvalue weighted by Crippen LogP contribution is 2.20. The van der Waals surface area contributed by atoms with Gasteiger partial charge in [-0.25, -0.2) is 0 Å². The molecular formula is C16H29N3. The maximum Gasteiger partial charge on any atom is 0.0573 e. The molecule has 3 heteroatoms. The first-order valence-corrected chi connectivity index (χ1v) is 7.40. The Morgan fingerprint density at radius 1 is 1.05 bits per heavy atom. The Morgan fingerprint density at radius 2 is 1.63 bits per heavy atom. The van der Waals surface area contributed by atoms with Gasteiger partial charge in [-0.15, -0.1) is 0 Å². The van der Waals surface area contributed by atoms with E-state index in [0.29, 0.717) is 0 Å². The fourth-order valence-electron chi connectivity index (χ4n) is 1.94. The summed E-state index contributed by atoms with van der Waals surface area (Å²) in [7, 11) is 1.94. The van der Waals surface area contributed by atoms with Crippen molar-refractivity contribution in [1.82, 2.24) is 4.98 Å². The zero-order valence-corrected chi connectivity index (χ0v) is 13.1. The van der Waals surface area contributed by atoms with Gasteiger partial charge in [-0.2, -0.15) is 0 Å². The van der Waals surface area contributed by atoms with Crippen LogP contribution in [0.1, 0.15) is 40.5 Å². The molecule has 0 saturated heterocycles. The normalized spacial score (nSPS) is 11.1. The number of nitrogens with zero attached hydrogens (tertiary/aromatic N) is 2. The number of hydrogen-bond acceptors (Lipinski definition) is 3. The minimum Gasteiger partial charge on any atom is -0.387 e. The highest BCUT2D eigenvalue weighted by atomic mass is 15.1. The van der Waals surface area contributed by atoms with Crippen molar-refractivity contribution in [3.8, 4) is 0 Å². The molecule has 0 aliphatic rings. The summed E-state index contributed by atoms with van der Waals surface area (Å²) in [6.07, 6.45) is 6.29. The molecule has 1 N–H and O–H groups in total. The molecule has 0 unspecified atom stereocenters. The van der Waals surface area contributed by atoms with E-state index < -0.39 is 0 Å². The van der Waals surface area contributed by atoms with E-state index in [1.165, 1.54) is 18.5 Å². The van der Waals surface area contributed by atoms with E-state index in [2.05, 4.69) is 49.0 Å². The maximum atomic E-state index is 4.33. The first kappa shape index (κ1) is 15.8. The van der Waals surface area contributed by atoms with Gasteiger partial charge in [-0.1, -0.05) is 27.7 Å². The van der Waals surface area contributed by atoms with E-state index in [1.54, 1.807) is 0 Å². The van der Waals surface area contributed by atoms with E-state index >= 15 is 0 Å². The third-order valence-electron chi connectivity index (χ3n) is 3.33. The summed E-state index contributed by atoms with van der Waals surface area (Å²) in [5.41, 5.74) is 2.31. The molecule has 0 fully saturated rings. The molecule has 0 aliphatic carbocycles. The first-order chi connectivity index (χ1) is 9.02. The van der Waals surface area contributed by atoms with Crippen molar-refractivity contribution in [3.63, 3.8) is 0 Å². The second-order valence-electron chi connectivity index (χ2n) is 6.03. The number of anilines is 2. The van der Waals surface area contributed by atoms with Gasteiger partial charge in [0.25, 0.3) is 0 Å². The van der Waals surface area contributed by atoms with Crippen LogP contribution >= 0.6 is 0 Å². The molecule has 3 nitrogen and oxygen atoms in total. The topological polar surface area (TPSA) is 28.2 Å². The van der Waals surface area contributed by atoms with Crippen LogP contribution in [0.3, 0.4) is 0 Å². The van der Waals surface area contributed by atoms with E-state index in [1.807, 2.05) is 19.4 Å². The Labute approximate surface area is 118 Å². The van der Waals surface area contributed by atoms with Gasteiger partial charge in [0, 0.05) is 20.1 Å². The van der Waals surface area contributed by atoms with E-state index in [4.69, 9.17) is 0 Å². The monoisotopic (exact) mass is 263 g/mol. The summed E-state index contributed by atoms with van der Waals surface area (Å²) in [6.45, 7) is 11.3. The first-order valence-electron chi connectivity index (χ1n) is 7.40. The minimum atomic E-state index is 0.738. The SMILES string of the molecule is CNc1cncc(N(CCC(C)C)CCC(C)C)c1. The van der Waals surface area contributed by atoms with Gasteiger partial charge in [-0.3, -0.25) is 4.98 Å². The van der Waals surface area contributed by atoms with Crippen molar-refractivity contribution >= 4 is 11.4 Å². The lowest BCUT2D eigenvalue weighted by atomic mass is 10.1. The third kappa shape index (κ3) is 5.95. The molecule has 0 aromatic carbocycles. The summed E-state index contributed by atoms with van der Waals surface area (Å²) in [5.74, 6) is 1.48. The summed E-state index contributed by atoms with van der Waals surface area (Å²) in [6, 6.07) is 2.19. The van der Waals surface area contributed by atoms with E-state index in [-0.39, 0.29) is 0 Å². The summed E-state index contributed by atoms with van der Waals surface area (Å²) >= 11 is 0. The molecule has 1 rings (SSSR count). The molecule has 0 atom stereocenters. The molecule has 0 radical (unpaired) electrons. The van der Waals surface area contributed by atoms with Crippen LogP contribution in [0.25, 0.3) is 0 Å². The lowest BCUT2D eigenvalue weighted by molar-refractivity contribution is 0.535. The van der Waals surface area contributed by atoms with Crippen LogP contribution in [0, 0.1) is 11.8 Å². The van der Waals surface area contributed by atoms with Gasteiger partial charge in [-0.05, 0) is 30.7 Å². The second-order valence-corrected chi connectivity index (χ2v) is 6.03. The molecule has 1 aromatic rings. The number of rotatable bonds is 8. The highest BCUT2D eigenvalue weighted by molar-refractivity contribution is 5.55. The molecule has 0 bridgehead atoms. The van der Waals surface area contributed by atoms with Crippen LogP contribution in [-0.4, -0.2) is 25.1 Å². The van der Waals surface area contributed by atoms with Crippen molar-refractivity contribution < 1.29 is 0 Å². The molecule has 1 aromatic heterocycles. The lowest BCUT2D eigenvalue weighted by Gasteiger charge is -2.26. The smallest absolute Gasteiger partial charge is 0.0573 e.